The third kappa shape index (κ3) is 4.28. The second-order valence-corrected chi connectivity index (χ2v) is 15.5. The Labute approximate surface area is 310 Å². The Kier molecular flexibility index (Phi) is 6.47. The molecule has 0 amide bonds. The minimum absolute atomic E-state index is 0.0242. The Morgan fingerprint density at radius 1 is 0.604 bits per heavy atom. The van der Waals surface area contributed by atoms with Gasteiger partial charge in [0.1, 0.15) is 11.9 Å². The van der Waals surface area contributed by atoms with Crippen molar-refractivity contribution in [1.29, 1.82) is 0 Å². The van der Waals surface area contributed by atoms with Crippen LogP contribution in [0.5, 0.6) is 5.75 Å². The number of ether oxygens (including phenoxy) is 1. The Balaban J connectivity index is 1.08. The predicted octanol–water partition coefficient (Wildman–Crippen LogP) is 11.3. The number of rotatable bonds is 3. The maximum Gasteiger partial charge on any atom is 0.155 e. The van der Waals surface area contributed by atoms with Gasteiger partial charge in [0.15, 0.2) is 5.84 Å². The van der Waals surface area contributed by atoms with Gasteiger partial charge in [0, 0.05) is 29.4 Å². The molecule has 0 radical (unpaired) electrons. The van der Waals surface area contributed by atoms with Gasteiger partial charge in [-0.2, -0.15) is 0 Å². The van der Waals surface area contributed by atoms with Crippen molar-refractivity contribution in [3.63, 3.8) is 0 Å². The molecule has 11 rings (SSSR count). The van der Waals surface area contributed by atoms with Gasteiger partial charge in [-0.3, -0.25) is 4.99 Å². The van der Waals surface area contributed by atoms with Crippen molar-refractivity contribution in [1.82, 2.24) is 0 Å². The average molecular weight is 683 g/mol. The SMILES string of the molecule is CC1(C)c2ccccc2-c2ccc(C3=NC(c4ccccc4)=NC(c4ccc5c(c4)C4(C6=CC=CCC6O5)c5ccccc5-c5ccccc54)C3)cc21. The van der Waals surface area contributed by atoms with E-state index in [2.05, 4.69) is 172 Å². The highest BCUT2D eigenvalue weighted by atomic mass is 16.5. The van der Waals surface area contributed by atoms with Crippen LogP contribution in [0.2, 0.25) is 0 Å². The van der Waals surface area contributed by atoms with E-state index in [4.69, 9.17) is 14.7 Å². The zero-order valence-electron chi connectivity index (χ0n) is 29.9. The molecule has 0 fully saturated rings. The Morgan fingerprint density at radius 2 is 1.26 bits per heavy atom. The highest BCUT2D eigenvalue weighted by Crippen LogP contribution is 2.61. The molecule has 2 unspecified atom stereocenters. The van der Waals surface area contributed by atoms with Crippen LogP contribution in [-0.2, 0) is 10.8 Å². The fourth-order valence-electron chi connectivity index (χ4n) is 9.95. The molecule has 0 N–H and O–H groups in total. The minimum Gasteiger partial charge on any atom is -0.485 e. The molecule has 3 nitrogen and oxygen atoms in total. The molecular weight excluding hydrogens is 645 g/mol. The van der Waals surface area contributed by atoms with Gasteiger partial charge in [-0.15, -0.1) is 0 Å². The van der Waals surface area contributed by atoms with Crippen molar-refractivity contribution in [2.24, 2.45) is 9.98 Å². The molecule has 0 saturated carbocycles. The number of amidine groups is 1. The van der Waals surface area contributed by atoms with Crippen molar-refractivity contribution >= 4 is 11.5 Å². The van der Waals surface area contributed by atoms with E-state index in [-0.39, 0.29) is 17.6 Å². The molecule has 3 aliphatic carbocycles. The van der Waals surface area contributed by atoms with E-state index >= 15 is 0 Å². The van der Waals surface area contributed by atoms with Crippen LogP contribution in [-0.4, -0.2) is 17.7 Å². The third-order valence-corrected chi connectivity index (χ3v) is 12.4. The summed E-state index contributed by atoms with van der Waals surface area (Å²) >= 11 is 0. The summed E-state index contributed by atoms with van der Waals surface area (Å²) in [5.74, 6) is 1.73. The summed E-state index contributed by atoms with van der Waals surface area (Å²) in [7, 11) is 0. The number of hydrogen-bond acceptors (Lipinski definition) is 3. The van der Waals surface area contributed by atoms with Crippen molar-refractivity contribution in [3.05, 3.63) is 208 Å². The van der Waals surface area contributed by atoms with Crippen LogP contribution in [0, 0.1) is 0 Å². The van der Waals surface area contributed by atoms with E-state index in [0.717, 1.165) is 34.8 Å². The summed E-state index contributed by atoms with van der Waals surface area (Å²) in [4.78, 5) is 10.7. The van der Waals surface area contributed by atoms with Crippen LogP contribution in [0.25, 0.3) is 22.3 Å². The van der Waals surface area contributed by atoms with Crippen LogP contribution < -0.4 is 4.74 Å². The summed E-state index contributed by atoms with van der Waals surface area (Å²) < 4.78 is 6.89. The number of fused-ring (bicyclic) bond motifs is 12. The summed E-state index contributed by atoms with van der Waals surface area (Å²) in [6.07, 6.45) is 8.30. The fourth-order valence-corrected chi connectivity index (χ4v) is 9.95. The minimum atomic E-state index is -0.454. The van der Waals surface area contributed by atoms with Crippen LogP contribution in [0.3, 0.4) is 0 Å². The number of benzene rings is 6. The van der Waals surface area contributed by atoms with Crippen LogP contribution >= 0.6 is 0 Å². The van der Waals surface area contributed by atoms with Gasteiger partial charge >= 0.3 is 0 Å². The Hall–Kier alpha value is -6.06. The summed E-state index contributed by atoms with van der Waals surface area (Å²) in [5.41, 5.74) is 17.1. The summed E-state index contributed by atoms with van der Waals surface area (Å²) in [6.45, 7) is 4.69. The number of nitrogens with zero attached hydrogens (tertiary/aromatic N) is 2. The summed E-state index contributed by atoms with van der Waals surface area (Å²) in [5, 5.41) is 0. The highest BCUT2D eigenvalue weighted by molar-refractivity contribution is 6.14. The van der Waals surface area contributed by atoms with Crippen molar-refractivity contribution in [3.8, 4) is 28.0 Å². The maximum absolute atomic E-state index is 6.89. The first-order chi connectivity index (χ1) is 26.0. The number of allylic oxidation sites excluding steroid dienone is 2. The topological polar surface area (TPSA) is 34.0 Å². The zero-order valence-corrected chi connectivity index (χ0v) is 29.9. The molecule has 2 heterocycles. The Morgan fingerprint density at radius 3 is 2.02 bits per heavy atom. The van der Waals surface area contributed by atoms with E-state index in [1.54, 1.807) is 0 Å². The van der Waals surface area contributed by atoms with Crippen molar-refractivity contribution in [2.75, 3.05) is 0 Å². The molecule has 5 aliphatic rings. The molecular formula is C50H38N2O. The molecule has 53 heavy (non-hydrogen) atoms. The lowest BCUT2D eigenvalue weighted by molar-refractivity contribution is 0.205. The quantitative estimate of drug-likeness (QED) is 0.183. The standard InChI is InChI=1S/C50H38N2O/c1-49(2)38-19-9-6-16-34(38)37-26-24-32(28-42(37)49)44-30-45(52-48(51-44)31-14-4-3-5-15-31)33-25-27-47-43(29-33)50(41-22-12-13-23-46(41)53-47)39-20-10-7-17-35(39)36-18-8-11-21-40(36)50/h3-22,24-29,45-46H,23,30H2,1-2H3. The van der Waals surface area contributed by atoms with Crippen LogP contribution in [0.4, 0.5) is 0 Å². The molecule has 254 valence electrons. The zero-order chi connectivity index (χ0) is 35.3. The molecule has 6 aromatic rings. The number of hydrogen-bond donors (Lipinski definition) is 0. The van der Waals surface area contributed by atoms with E-state index in [1.807, 2.05) is 0 Å². The predicted molar refractivity (Wildman–Crippen MR) is 215 cm³/mol. The lowest BCUT2D eigenvalue weighted by atomic mass is 9.63. The van der Waals surface area contributed by atoms with E-state index < -0.39 is 5.41 Å². The smallest absolute Gasteiger partial charge is 0.155 e. The largest absolute Gasteiger partial charge is 0.485 e. The fraction of sp³-hybridized carbons (Fsp3) is 0.160. The molecule has 1 spiro atoms. The van der Waals surface area contributed by atoms with Gasteiger partial charge in [0.05, 0.1) is 17.2 Å². The monoisotopic (exact) mass is 682 g/mol. The lowest BCUT2D eigenvalue weighted by Gasteiger charge is -2.45. The molecule has 3 heteroatoms. The van der Waals surface area contributed by atoms with Crippen molar-refractivity contribution in [2.45, 2.75) is 49.7 Å². The van der Waals surface area contributed by atoms with Gasteiger partial charge < -0.3 is 4.74 Å². The van der Waals surface area contributed by atoms with E-state index in [0.29, 0.717) is 6.42 Å². The normalized spacial score (nSPS) is 20.5. The molecule has 0 aromatic heterocycles. The summed E-state index contributed by atoms with van der Waals surface area (Å²) in [6, 6.07) is 50.9. The molecule has 6 aromatic carbocycles. The highest BCUT2D eigenvalue weighted by Gasteiger charge is 2.53. The van der Waals surface area contributed by atoms with Gasteiger partial charge in [-0.05, 0) is 79.4 Å². The lowest BCUT2D eigenvalue weighted by Crippen LogP contribution is -2.42. The maximum atomic E-state index is 6.89. The van der Waals surface area contributed by atoms with Gasteiger partial charge in [-0.25, -0.2) is 4.99 Å². The van der Waals surface area contributed by atoms with Crippen LogP contribution in [0.1, 0.15) is 77.2 Å². The molecule has 2 aliphatic heterocycles. The van der Waals surface area contributed by atoms with E-state index in [9.17, 15) is 0 Å². The van der Waals surface area contributed by atoms with Gasteiger partial charge in [-0.1, -0.05) is 153 Å². The average Bonchev–Trinajstić information content (AvgIpc) is 3.64. The first-order valence-corrected chi connectivity index (χ1v) is 18.8. The second-order valence-electron chi connectivity index (χ2n) is 15.5. The van der Waals surface area contributed by atoms with Gasteiger partial charge in [0.2, 0.25) is 0 Å². The molecule has 0 saturated heterocycles. The number of aliphatic imine (C=N–C) groups is 2. The molecule has 0 bridgehead atoms. The van der Waals surface area contributed by atoms with E-state index in [1.165, 1.54) is 61.2 Å². The van der Waals surface area contributed by atoms with Crippen LogP contribution in [0.15, 0.2) is 173 Å². The first kappa shape index (κ1) is 30.6. The first-order valence-electron chi connectivity index (χ1n) is 18.8. The van der Waals surface area contributed by atoms with Crippen molar-refractivity contribution < 1.29 is 4.74 Å². The third-order valence-electron chi connectivity index (χ3n) is 12.4. The Bertz CT molecular complexity index is 2590. The second kappa shape index (κ2) is 11.2. The molecule has 2 atom stereocenters. The van der Waals surface area contributed by atoms with Gasteiger partial charge in [0.25, 0.3) is 0 Å².